The highest BCUT2D eigenvalue weighted by Gasteiger charge is 2.61. The molecule has 0 aliphatic carbocycles. The molecule has 0 aromatic heterocycles. The van der Waals surface area contributed by atoms with E-state index in [-0.39, 0.29) is 6.04 Å². The first-order chi connectivity index (χ1) is 9.34. The van der Waals surface area contributed by atoms with Crippen molar-refractivity contribution in [1.82, 2.24) is 3.71 Å². The van der Waals surface area contributed by atoms with E-state index in [0.29, 0.717) is 0 Å². The molecule has 0 saturated heterocycles. The minimum atomic E-state index is -6.66. The average molecular weight is 395 g/mol. The normalized spacial score (nSPS) is 15.4. The smallest absolute Gasteiger partial charge is 0.202 e. The molecule has 0 rings (SSSR count). The first-order valence-corrected chi connectivity index (χ1v) is 12.3. The van der Waals surface area contributed by atoms with Crippen LogP contribution in [-0.2, 0) is 20.0 Å². The lowest BCUT2D eigenvalue weighted by atomic mass is 10.5. The molecule has 0 radical (unpaired) electrons. The van der Waals surface area contributed by atoms with Gasteiger partial charge in [-0.05, 0) is 6.42 Å². The van der Waals surface area contributed by atoms with E-state index in [2.05, 4.69) is 0 Å². The molecule has 0 bridgehead atoms. The Morgan fingerprint density at radius 1 is 0.818 bits per heavy atom. The number of alkyl halides is 6. The fraction of sp³-hybridized carbons (Fsp3) is 1.00. The zero-order chi connectivity index (χ0) is 18.2. The quantitative estimate of drug-likeness (QED) is 0.512. The van der Waals surface area contributed by atoms with Crippen LogP contribution in [0.2, 0.25) is 25.7 Å². The predicted molar refractivity (Wildman–Crippen MR) is 69.4 cm³/mol. The third-order valence-electron chi connectivity index (χ3n) is 2.39. The van der Waals surface area contributed by atoms with Crippen molar-refractivity contribution in [2.45, 2.75) is 43.1 Å². The lowest BCUT2D eigenvalue weighted by molar-refractivity contribution is -0.0530. The largest absolute Gasteiger partial charge is 0.512 e. The Balaban J connectivity index is 5.76. The minimum absolute atomic E-state index is 0.157. The second-order valence-corrected chi connectivity index (χ2v) is 15.1. The van der Waals surface area contributed by atoms with Crippen molar-refractivity contribution in [3.63, 3.8) is 0 Å². The van der Waals surface area contributed by atoms with Gasteiger partial charge in [-0.25, -0.2) is 16.8 Å². The number of rotatable bonds is 6. The Morgan fingerprint density at radius 2 is 1.14 bits per heavy atom. The SMILES string of the molecule is C[Si](C)(C)CCCN(S(=O)(=O)C(F)(F)F)S(=O)(=O)C(F)(F)F. The molecule has 5 nitrogen and oxygen atoms in total. The van der Waals surface area contributed by atoms with Gasteiger partial charge in [-0.15, -0.1) is 0 Å². The van der Waals surface area contributed by atoms with Crippen LogP contribution in [0, 0.1) is 0 Å². The van der Waals surface area contributed by atoms with Gasteiger partial charge in [0.15, 0.2) is 0 Å². The molecule has 0 saturated carbocycles. The third-order valence-corrected chi connectivity index (χ3v) is 8.03. The highest BCUT2D eigenvalue weighted by atomic mass is 32.3. The van der Waals surface area contributed by atoms with E-state index in [1.165, 1.54) is 0 Å². The van der Waals surface area contributed by atoms with Crippen molar-refractivity contribution in [3.05, 3.63) is 0 Å². The van der Waals surface area contributed by atoms with Gasteiger partial charge < -0.3 is 0 Å². The lowest BCUT2D eigenvalue weighted by Crippen LogP contribution is -2.49. The Hall–Kier alpha value is -0.343. The molecule has 0 aliphatic heterocycles. The van der Waals surface area contributed by atoms with Crippen molar-refractivity contribution < 1.29 is 43.2 Å². The Morgan fingerprint density at radius 3 is 1.36 bits per heavy atom. The van der Waals surface area contributed by atoms with Crippen LogP contribution in [0.15, 0.2) is 0 Å². The van der Waals surface area contributed by atoms with Crippen LogP contribution in [0.3, 0.4) is 0 Å². The van der Waals surface area contributed by atoms with Gasteiger partial charge in [0.25, 0.3) is 0 Å². The maximum atomic E-state index is 12.4. The highest BCUT2D eigenvalue weighted by Crippen LogP contribution is 2.35. The molecule has 0 N–H and O–H groups in total. The van der Waals surface area contributed by atoms with E-state index < -0.39 is 55.8 Å². The summed E-state index contributed by atoms with van der Waals surface area (Å²) in [5.74, 6) is 0. The average Bonchev–Trinajstić information content (AvgIpc) is 2.18. The molecule has 14 heteroatoms. The predicted octanol–water partition coefficient (Wildman–Crippen LogP) is 2.72. The van der Waals surface area contributed by atoms with Crippen LogP contribution in [0.1, 0.15) is 6.42 Å². The van der Waals surface area contributed by atoms with Crippen LogP contribution in [0.5, 0.6) is 0 Å². The fourth-order valence-electron chi connectivity index (χ4n) is 1.34. The second kappa shape index (κ2) is 6.28. The fourth-order valence-corrected chi connectivity index (χ4v) is 5.30. The van der Waals surface area contributed by atoms with E-state index in [9.17, 15) is 43.2 Å². The van der Waals surface area contributed by atoms with E-state index in [1.807, 2.05) is 0 Å². The first-order valence-electron chi connectivity index (χ1n) is 5.74. The van der Waals surface area contributed by atoms with Crippen LogP contribution in [0.4, 0.5) is 26.3 Å². The molecule has 0 amide bonds. The van der Waals surface area contributed by atoms with Crippen molar-refractivity contribution >= 4 is 28.1 Å². The van der Waals surface area contributed by atoms with E-state index in [0.717, 1.165) is 0 Å². The first kappa shape index (κ1) is 21.7. The summed E-state index contributed by atoms with van der Waals surface area (Å²) in [6.45, 7) is 3.82. The van der Waals surface area contributed by atoms with Crippen molar-refractivity contribution in [2.24, 2.45) is 0 Å². The Bertz CT molecular complexity index is 546. The standard InChI is InChI=1S/C8H15F6NO4S2Si/c1-22(2,3)6-4-5-15(20(16,17)7(9,10)11)21(18,19)8(12,13)14/h4-6H2,1-3H3. The summed E-state index contributed by atoms with van der Waals surface area (Å²) in [6.07, 6.45) is -0.430. The Labute approximate surface area is 125 Å². The number of sulfonamides is 2. The molecule has 0 heterocycles. The number of halogens is 6. The summed E-state index contributed by atoms with van der Waals surface area (Å²) in [5, 5.41) is 0. The van der Waals surface area contributed by atoms with Crippen LogP contribution >= 0.6 is 0 Å². The molecule has 0 aromatic rings. The van der Waals surface area contributed by atoms with Gasteiger partial charge in [-0.1, -0.05) is 29.4 Å². The van der Waals surface area contributed by atoms with Gasteiger partial charge in [-0.2, -0.15) is 26.3 Å². The topological polar surface area (TPSA) is 71.5 Å². The maximum absolute atomic E-state index is 12.4. The van der Waals surface area contributed by atoms with Crippen molar-refractivity contribution in [3.8, 4) is 0 Å². The Kier molecular flexibility index (Phi) is 6.18. The van der Waals surface area contributed by atoms with E-state index in [1.54, 1.807) is 19.6 Å². The van der Waals surface area contributed by atoms with Crippen LogP contribution in [-0.4, -0.2) is 46.2 Å². The van der Waals surface area contributed by atoms with Crippen molar-refractivity contribution in [2.75, 3.05) is 6.54 Å². The molecule has 0 atom stereocenters. The van der Waals surface area contributed by atoms with Gasteiger partial charge in [0.2, 0.25) is 0 Å². The number of hydrogen-bond acceptors (Lipinski definition) is 4. The summed E-state index contributed by atoms with van der Waals surface area (Å²) in [5.41, 5.74) is -12.3. The van der Waals surface area contributed by atoms with E-state index in [4.69, 9.17) is 0 Å². The molecule has 0 unspecified atom stereocenters. The van der Waals surface area contributed by atoms with Crippen LogP contribution < -0.4 is 0 Å². The zero-order valence-electron chi connectivity index (χ0n) is 11.8. The summed E-state index contributed by atoms with van der Waals surface area (Å²) < 4.78 is 118. The van der Waals surface area contributed by atoms with Gasteiger partial charge in [0.05, 0.1) is 0 Å². The zero-order valence-corrected chi connectivity index (χ0v) is 14.4. The van der Waals surface area contributed by atoms with Crippen LogP contribution in [0.25, 0.3) is 0 Å². The molecule has 0 aromatic carbocycles. The molecule has 0 spiro atoms. The summed E-state index contributed by atoms with van der Waals surface area (Å²) in [7, 11) is -15.2. The van der Waals surface area contributed by atoms with Gasteiger partial charge in [-0.3, -0.25) is 0 Å². The highest BCUT2D eigenvalue weighted by molar-refractivity contribution is 8.04. The molecule has 0 aliphatic rings. The van der Waals surface area contributed by atoms with E-state index >= 15 is 0 Å². The lowest BCUT2D eigenvalue weighted by Gasteiger charge is -2.25. The second-order valence-electron chi connectivity index (χ2n) is 5.56. The molecular formula is C8H15F6NO4S2Si. The summed E-state index contributed by atoms with van der Waals surface area (Å²) >= 11 is 0. The number of hydrogen-bond donors (Lipinski definition) is 0. The molecule has 0 fully saturated rings. The van der Waals surface area contributed by atoms with Crippen molar-refractivity contribution in [1.29, 1.82) is 0 Å². The summed E-state index contributed by atoms with van der Waals surface area (Å²) in [4.78, 5) is 0. The molecule has 134 valence electrons. The third kappa shape index (κ3) is 5.09. The molecular weight excluding hydrogens is 380 g/mol. The minimum Gasteiger partial charge on any atom is -0.202 e. The monoisotopic (exact) mass is 395 g/mol. The summed E-state index contributed by atoms with van der Waals surface area (Å²) in [6, 6.07) is 0.157. The maximum Gasteiger partial charge on any atom is 0.512 e. The molecule has 22 heavy (non-hydrogen) atoms. The van der Waals surface area contributed by atoms with Gasteiger partial charge >= 0.3 is 31.1 Å². The number of nitrogens with zero attached hydrogens (tertiary/aromatic N) is 1. The van der Waals surface area contributed by atoms with Gasteiger partial charge in [0, 0.05) is 14.6 Å². The van der Waals surface area contributed by atoms with Gasteiger partial charge in [0.1, 0.15) is 0 Å².